The average Bonchev–Trinajstić information content (AvgIpc) is 2.96. The van der Waals surface area contributed by atoms with Crippen LogP contribution >= 0.6 is 0 Å². The van der Waals surface area contributed by atoms with Crippen LogP contribution in [0.3, 0.4) is 0 Å². The van der Waals surface area contributed by atoms with Crippen molar-refractivity contribution >= 4 is 22.9 Å². The van der Waals surface area contributed by atoms with Crippen LogP contribution in [0.25, 0.3) is 11.2 Å². The van der Waals surface area contributed by atoms with E-state index in [1.807, 2.05) is 6.92 Å². The predicted octanol–water partition coefficient (Wildman–Crippen LogP) is 2.43. The molecule has 3 aromatic rings. The van der Waals surface area contributed by atoms with Gasteiger partial charge in [0.05, 0.1) is 19.2 Å². The van der Waals surface area contributed by atoms with Gasteiger partial charge in [-0.1, -0.05) is 36.4 Å². The SMILES string of the molecule is Cc1nc2c(N)nc3nc2n1Cc1cccc(c1)C/C=C/CCC(CO)N3. The number of nitrogens with one attached hydrogen (secondary N) is 1. The van der Waals surface area contributed by atoms with Crippen LogP contribution in [-0.2, 0) is 13.0 Å². The number of nitrogens with two attached hydrogens (primary N) is 1. The van der Waals surface area contributed by atoms with E-state index in [4.69, 9.17) is 5.73 Å². The summed E-state index contributed by atoms with van der Waals surface area (Å²) in [6, 6.07) is 8.43. The van der Waals surface area contributed by atoms with Gasteiger partial charge >= 0.3 is 0 Å². The summed E-state index contributed by atoms with van der Waals surface area (Å²) in [5.41, 5.74) is 9.92. The lowest BCUT2D eigenvalue weighted by Crippen LogP contribution is -2.25. The average molecular weight is 364 g/mol. The van der Waals surface area contributed by atoms with Crippen LogP contribution < -0.4 is 11.1 Å². The molecule has 0 amide bonds. The first-order valence-electron chi connectivity index (χ1n) is 9.24. The highest BCUT2D eigenvalue weighted by atomic mass is 16.3. The number of rotatable bonds is 1. The van der Waals surface area contributed by atoms with Gasteiger partial charge in [-0.2, -0.15) is 9.97 Å². The maximum atomic E-state index is 9.69. The Morgan fingerprint density at radius 3 is 2.93 bits per heavy atom. The Labute approximate surface area is 158 Å². The van der Waals surface area contributed by atoms with Crippen molar-refractivity contribution < 1.29 is 5.11 Å². The number of imidazole rings is 1. The van der Waals surface area contributed by atoms with E-state index in [0.29, 0.717) is 29.5 Å². The molecular formula is C20H24N6O. The van der Waals surface area contributed by atoms with Crippen LogP contribution in [0.5, 0.6) is 0 Å². The summed E-state index contributed by atoms with van der Waals surface area (Å²) in [5.74, 6) is 1.61. The van der Waals surface area contributed by atoms with Gasteiger partial charge in [0.2, 0.25) is 5.95 Å². The van der Waals surface area contributed by atoms with Crippen LogP contribution in [0.2, 0.25) is 0 Å². The molecule has 1 aliphatic heterocycles. The van der Waals surface area contributed by atoms with Crippen molar-refractivity contribution in [2.24, 2.45) is 0 Å². The molecule has 7 heteroatoms. The molecule has 0 saturated carbocycles. The molecule has 4 rings (SSSR count). The van der Waals surface area contributed by atoms with Gasteiger partial charge in [0.1, 0.15) is 5.82 Å². The summed E-state index contributed by atoms with van der Waals surface area (Å²) in [5, 5.41) is 12.9. The molecule has 27 heavy (non-hydrogen) atoms. The van der Waals surface area contributed by atoms with Crippen molar-refractivity contribution in [1.82, 2.24) is 19.5 Å². The van der Waals surface area contributed by atoms with E-state index < -0.39 is 0 Å². The van der Waals surface area contributed by atoms with Crippen molar-refractivity contribution in [2.75, 3.05) is 17.7 Å². The van der Waals surface area contributed by atoms with E-state index in [2.05, 4.69) is 61.3 Å². The number of aliphatic hydroxyl groups is 1. The fourth-order valence-corrected chi connectivity index (χ4v) is 3.45. The zero-order chi connectivity index (χ0) is 18.8. The lowest BCUT2D eigenvalue weighted by atomic mass is 10.1. The number of hydrogen-bond acceptors (Lipinski definition) is 6. The van der Waals surface area contributed by atoms with Crippen LogP contribution in [0.4, 0.5) is 11.8 Å². The van der Waals surface area contributed by atoms with Gasteiger partial charge in [-0.25, -0.2) is 4.98 Å². The first-order chi connectivity index (χ1) is 13.1. The molecule has 1 aliphatic rings. The summed E-state index contributed by atoms with van der Waals surface area (Å²) in [7, 11) is 0. The number of nitrogens with zero attached hydrogens (tertiary/aromatic N) is 4. The summed E-state index contributed by atoms with van der Waals surface area (Å²) < 4.78 is 2.06. The first kappa shape index (κ1) is 17.5. The lowest BCUT2D eigenvalue weighted by molar-refractivity contribution is 0.269. The Hall–Kier alpha value is -2.93. The van der Waals surface area contributed by atoms with Gasteiger partial charge in [0, 0.05) is 0 Å². The highest BCUT2D eigenvalue weighted by molar-refractivity contribution is 5.83. The number of aryl methyl sites for hydroxylation is 1. The van der Waals surface area contributed by atoms with Gasteiger partial charge in [0.15, 0.2) is 17.0 Å². The molecule has 2 aromatic heterocycles. The molecule has 0 spiro atoms. The van der Waals surface area contributed by atoms with E-state index in [1.54, 1.807) is 0 Å². The third-order valence-corrected chi connectivity index (χ3v) is 4.90. The Morgan fingerprint density at radius 2 is 2.07 bits per heavy atom. The van der Waals surface area contributed by atoms with Gasteiger partial charge in [-0.3, -0.25) is 0 Å². The number of aliphatic hydroxyl groups excluding tert-OH is 1. The van der Waals surface area contributed by atoms with E-state index in [-0.39, 0.29) is 12.6 Å². The summed E-state index contributed by atoms with van der Waals surface area (Å²) in [4.78, 5) is 13.6. The fourth-order valence-electron chi connectivity index (χ4n) is 3.45. The zero-order valence-corrected chi connectivity index (χ0v) is 15.4. The third-order valence-electron chi connectivity index (χ3n) is 4.90. The Balaban J connectivity index is 1.83. The molecule has 1 unspecified atom stereocenters. The molecule has 4 bridgehead atoms. The maximum Gasteiger partial charge on any atom is 0.227 e. The Kier molecular flexibility index (Phi) is 4.77. The number of benzene rings is 1. The van der Waals surface area contributed by atoms with Gasteiger partial charge in [0.25, 0.3) is 0 Å². The van der Waals surface area contributed by atoms with Crippen molar-refractivity contribution in [2.45, 2.75) is 38.8 Å². The minimum absolute atomic E-state index is 0.00814. The largest absolute Gasteiger partial charge is 0.394 e. The number of aromatic nitrogens is 4. The molecule has 4 N–H and O–H groups in total. The molecule has 0 radical (unpaired) electrons. The van der Waals surface area contributed by atoms with Crippen LogP contribution in [0.15, 0.2) is 36.4 Å². The number of hydrogen-bond donors (Lipinski definition) is 3. The highest BCUT2D eigenvalue weighted by Gasteiger charge is 2.17. The maximum absolute atomic E-state index is 9.69. The second kappa shape index (κ2) is 7.36. The Bertz CT molecular complexity index is 994. The molecule has 0 aliphatic carbocycles. The molecule has 140 valence electrons. The topological polar surface area (TPSA) is 102 Å². The molecular weight excluding hydrogens is 340 g/mol. The summed E-state index contributed by atoms with van der Waals surface area (Å²) in [6.45, 7) is 2.62. The van der Waals surface area contributed by atoms with Gasteiger partial charge in [-0.15, -0.1) is 0 Å². The fraction of sp³-hybridized carbons (Fsp3) is 0.350. The third kappa shape index (κ3) is 3.64. The van der Waals surface area contributed by atoms with Crippen molar-refractivity contribution in [1.29, 1.82) is 0 Å². The molecule has 7 nitrogen and oxygen atoms in total. The van der Waals surface area contributed by atoms with Crippen LogP contribution in [-0.4, -0.2) is 37.3 Å². The minimum Gasteiger partial charge on any atom is -0.394 e. The van der Waals surface area contributed by atoms with E-state index in [9.17, 15) is 5.11 Å². The van der Waals surface area contributed by atoms with Crippen LogP contribution in [0, 0.1) is 6.92 Å². The monoisotopic (exact) mass is 364 g/mol. The van der Waals surface area contributed by atoms with E-state index in [0.717, 1.165) is 25.1 Å². The second-order valence-corrected chi connectivity index (χ2v) is 6.95. The van der Waals surface area contributed by atoms with Crippen molar-refractivity contribution in [3.63, 3.8) is 0 Å². The standard InChI is InChI=1S/C20H24N6O/c1-13-22-17-18(21)24-20-23-16(12-27)9-4-2-3-6-14-7-5-8-15(10-14)11-26(13)19(17)25-20/h2-3,5,7-8,10,16,27H,4,6,9,11-12H2,1H3,(H3,21,23,24,25)/b3-2+. The predicted molar refractivity (Wildman–Crippen MR) is 107 cm³/mol. The number of nitrogen functional groups attached to an aromatic ring is 1. The molecule has 1 aromatic carbocycles. The number of allylic oxidation sites excluding steroid dienone is 2. The molecule has 1 atom stereocenters. The molecule has 0 saturated heterocycles. The smallest absolute Gasteiger partial charge is 0.227 e. The zero-order valence-electron chi connectivity index (χ0n) is 15.4. The van der Waals surface area contributed by atoms with Crippen molar-refractivity contribution in [3.8, 4) is 0 Å². The van der Waals surface area contributed by atoms with Crippen LogP contribution in [0.1, 0.15) is 29.8 Å². The first-order valence-corrected chi connectivity index (χ1v) is 9.24. The quantitative estimate of drug-likeness (QED) is 0.573. The van der Waals surface area contributed by atoms with Gasteiger partial charge < -0.3 is 20.7 Å². The minimum atomic E-state index is -0.129. The summed E-state index contributed by atoms with van der Waals surface area (Å²) >= 11 is 0. The highest BCUT2D eigenvalue weighted by Crippen LogP contribution is 2.23. The number of fused-ring (bicyclic) bond motifs is 3. The normalized spacial score (nSPS) is 18.7. The van der Waals surface area contributed by atoms with E-state index in [1.165, 1.54) is 11.1 Å². The Morgan fingerprint density at radius 1 is 1.22 bits per heavy atom. The second-order valence-electron chi connectivity index (χ2n) is 6.95. The molecule has 3 heterocycles. The van der Waals surface area contributed by atoms with Gasteiger partial charge in [-0.05, 0) is 37.3 Å². The van der Waals surface area contributed by atoms with E-state index >= 15 is 0 Å². The lowest BCUT2D eigenvalue weighted by Gasteiger charge is -2.15. The summed E-state index contributed by atoms with van der Waals surface area (Å²) in [6.07, 6.45) is 6.89. The number of anilines is 2. The molecule has 0 fully saturated rings. The van der Waals surface area contributed by atoms with Crippen molar-refractivity contribution in [3.05, 3.63) is 53.4 Å².